The Hall–Kier alpha value is -1.58. The number of hydrogen-bond acceptors (Lipinski definition) is 2. The summed E-state index contributed by atoms with van der Waals surface area (Å²) in [6, 6.07) is 4.26. The molecule has 0 radical (unpaired) electrons. The standard InChI is InChI=1S/C13H17FN2O/c1-13(2)7-11(17)16(3)12(13)9-6-8(15)4-5-10(9)14/h4-6,12H,7,15H2,1-3H3/t12-/m1/s1. The van der Waals surface area contributed by atoms with Gasteiger partial charge in [0.15, 0.2) is 0 Å². The fourth-order valence-electron chi connectivity index (χ4n) is 2.68. The van der Waals surface area contributed by atoms with E-state index < -0.39 is 0 Å². The molecule has 1 saturated heterocycles. The third-order valence-corrected chi connectivity index (χ3v) is 3.44. The maximum Gasteiger partial charge on any atom is 0.223 e. The average molecular weight is 236 g/mol. The van der Waals surface area contributed by atoms with E-state index in [0.29, 0.717) is 17.7 Å². The summed E-state index contributed by atoms with van der Waals surface area (Å²) in [6.45, 7) is 3.95. The largest absolute Gasteiger partial charge is 0.399 e. The van der Waals surface area contributed by atoms with Crippen LogP contribution in [0.15, 0.2) is 18.2 Å². The van der Waals surface area contributed by atoms with Gasteiger partial charge in [-0.05, 0) is 23.6 Å². The smallest absolute Gasteiger partial charge is 0.223 e. The molecule has 1 atom stereocenters. The van der Waals surface area contributed by atoms with Gasteiger partial charge in [0.05, 0.1) is 6.04 Å². The second-order valence-electron chi connectivity index (χ2n) is 5.35. The van der Waals surface area contributed by atoms with Crippen LogP contribution in [0.2, 0.25) is 0 Å². The second-order valence-corrected chi connectivity index (χ2v) is 5.35. The van der Waals surface area contributed by atoms with Gasteiger partial charge in [-0.25, -0.2) is 4.39 Å². The second kappa shape index (κ2) is 3.72. The lowest BCUT2D eigenvalue weighted by Crippen LogP contribution is -2.28. The van der Waals surface area contributed by atoms with Gasteiger partial charge in [0, 0.05) is 24.7 Å². The number of carbonyl (C=O) groups excluding carboxylic acids is 1. The van der Waals surface area contributed by atoms with Crippen LogP contribution >= 0.6 is 0 Å². The molecule has 0 unspecified atom stereocenters. The molecule has 92 valence electrons. The highest BCUT2D eigenvalue weighted by atomic mass is 19.1. The van der Waals surface area contributed by atoms with E-state index in [0.717, 1.165) is 0 Å². The number of benzene rings is 1. The van der Waals surface area contributed by atoms with Crippen molar-refractivity contribution in [1.82, 2.24) is 4.90 Å². The van der Waals surface area contributed by atoms with E-state index in [-0.39, 0.29) is 23.2 Å². The molecule has 0 saturated carbocycles. The van der Waals surface area contributed by atoms with Crippen LogP contribution in [-0.4, -0.2) is 17.9 Å². The lowest BCUT2D eigenvalue weighted by atomic mass is 9.80. The molecule has 1 aromatic rings. The summed E-state index contributed by atoms with van der Waals surface area (Å²) < 4.78 is 13.9. The number of nitrogens with zero attached hydrogens (tertiary/aromatic N) is 1. The fourth-order valence-corrected chi connectivity index (χ4v) is 2.68. The van der Waals surface area contributed by atoms with Crippen molar-refractivity contribution in [3.63, 3.8) is 0 Å². The van der Waals surface area contributed by atoms with Crippen LogP contribution in [0.3, 0.4) is 0 Å². The molecule has 0 aromatic heterocycles. The van der Waals surface area contributed by atoms with Gasteiger partial charge in [-0.15, -0.1) is 0 Å². The lowest BCUT2D eigenvalue weighted by Gasteiger charge is -2.31. The molecule has 3 nitrogen and oxygen atoms in total. The van der Waals surface area contributed by atoms with Crippen molar-refractivity contribution in [1.29, 1.82) is 0 Å². The van der Waals surface area contributed by atoms with Crippen molar-refractivity contribution < 1.29 is 9.18 Å². The van der Waals surface area contributed by atoms with Gasteiger partial charge in [0.2, 0.25) is 5.91 Å². The van der Waals surface area contributed by atoms with Crippen molar-refractivity contribution in [3.05, 3.63) is 29.6 Å². The molecule has 1 aliphatic rings. The SMILES string of the molecule is CN1C(=O)CC(C)(C)[C@H]1c1cc(N)ccc1F. The molecule has 2 rings (SSSR count). The van der Waals surface area contributed by atoms with Gasteiger partial charge in [-0.2, -0.15) is 0 Å². The van der Waals surface area contributed by atoms with Crippen LogP contribution in [0, 0.1) is 11.2 Å². The molecule has 0 spiro atoms. The Bertz CT molecular complexity index is 470. The van der Waals surface area contributed by atoms with E-state index in [1.807, 2.05) is 13.8 Å². The molecule has 0 bridgehead atoms. The van der Waals surface area contributed by atoms with E-state index >= 15 is 0 Å². The maximum atomic E-state index is 13.9. The van der Waals surface area contributed by atoms with Crippen molar-refractivity contribution in [2.24, 2.45) is 5.41 Å². The number of carbonyl (C=O) groups is 1. The molecule has 2 N–H and O–H groups in total. The van der Waals surface area contributed by atoms with Crippen molar-refractivity contribution >= 4 is 11.6 Å². The first-order valence-corrected chi connectivity index (χ1v) is 5.63. The van der Waals surface area contributed by atoms with Crippen molar-refractivity contribution in [2.45, 2.75) is 26.3 Å². The van der Waals surface area contributed by atoms with Crippen LogP contribution < -0.4 is 5.73 Å². The molecular formula is C13H17FN2O. The number of halogens is 1. The van der Waals surface area contributed by atoms with E-state index in [9.17, 15) is 9.18 Å². The number of amides is 1. The Labute approximate surface area is 100 Å². The zero-order chi connectivity index (χ0) is 12.8. The van der Waals surface area contributed by atoms with Crippen molar-refractivity contribution in [3.8, 4) is 0 Å². The van der Waals surface area contributed by atoms with E-state index in [2.05, 4.69) is 0 Å². The van der Waals surface area contributed by atoms with E-state index in [1.54, 1.807) is 18.0 Å². The molecule has 1 fully saturated rings. The number of anilines is 1. The number of rotatable bonds is 1. The lowest BCUT2D eigenvalue weighted by molar-refractivity contribution is -0.127. The molecular weight excluding hydrogens is 219 g/mol. The van der Waals surface area contributed by atoms with Crippen LogP contribution in [0.25, 0.3) is 0 Å². The van der Waals surface area contributed by atoms with Crippen LogP contribution in [0.5, 0.6) is 0 Å². The number of nitrogens with two attached hydrogens (primary N) is 1. The number of nitrogen functional groups attached to an aromatic ring is 1. The van der Waals surface area contributed by atoms with Gasteiger partial charge < -0.3 is 10.6 Å². The summed E-state index contributed by atoms with van der Waals surface area (Å²) in [5.41, 5.74) is 6.44. The average Bonchev–Trinajstić information content (AvgIpc) is 2.41. The normalized spacial score (nSPS) is 23.2. The first-order chi connectivity index (χ1) is 7.83. The summed E-state index contributed by atoms with van der Waals surface area (Å²) >= 11 is 0. The molecule has 0 aliphatic carbocycles. The Kier molecular flexibility index (Phi) is 2.60. The predicted octanol–water partition coefficient (Wildman–Crippen LogP) is 2.34. The quantitative estimate of drug-likeness (QED) is 0.761. The maximum absolute atomic E-state index is 13.9. The van der Waals surface area contributed by atoms with Gasteiger partial charge in [-0.1, -0.05) is 13.8 Å². The molecule has 17 heavy (non-hydrogen) atoms. The Balaban J connectivity index is 2.52. The summed E-state index contributed by atoms with van der Waals surface area (Å²) in [4.78, 5) is 13.4. The van der Waals surface area contributed by atoms with Crippen LogP contribution in [0.4, 0.5) is 10.1 Å². The number of hydrogen-bond donors (Lipinski definition) is 1. The summed E-state index contributed by atoms with van der Waals surface area (Å²) in [5.74, 6) is -0.263. The zero-order valence-electron chi connectivity index (χ0n) is 10.3. The van der Waals surface area contributed by atoms with Gasteiger partial charge >= 0.3 is 0 Å². The fraction of sp³-hybridized carbons (Fsp3) is 0.462. The molecule has 1 amide bonds. The van der Waals surface area contributed by atoms with Crippen molar-refractivity contribution in [2.75, 3.05) is 12.8 Å². The minimum atomic E-state index is -0.307. The van der Waals surface area contributed by atoms with Crippen LogP contribution in [-0.2, 0) is 4.79 Å². The highest BCUT2D eigenvalue weighted by molar-refractivity contribution is 5.80. The monoisotopic (exact) mass is 236 g/mol. The summed E-state index contributed by atoms with van der Waals surface area (Å²) in [5, 5.41) is 0. The van der Waals surface area contributed by atoms with Gasteiger partial charge in [0.25, 0.3) is 0 Å². The minimum Gasteiger partial charge on any atom is -0.399 e. The topological polar surface area (TPSA) is 46.3 Å². The summed E-state index contributed by atoms with van der Waals surface area (Å²) in [7, 11) is 1.71. The molecule has 1 heterocycles. The summed E-state index contributed by atoms with van der Waals surface area (Å²) in [6.07, 6.45) is 0.433. The zero-order valence-corrected chi connectivity index (χ0v) is 10.3. The Morgan fingerprint density at radius 2 is 2.12 bits per heavy atom. The highest BCUT2D eigenvalue weighted by Gasteiger charge is 2.45. The van der Waals surface area contributed by atoms with Gasteiger partial charge in [0.1, 0.15) is 5.82 Å². The molecule has 1 aliphatic heterocycles. The van der Waals surface area contributed by atoms with E-state index in [4.69, 9.17) is 5.73 Å². The predicted molar refractivity (Wildman–Crippen MR) is 64.7 cm³/mol. The molecule has 4 heteroatoms. The first kappa shape index (κ1) is 11.9. The minimum absolute atomic E-state index is 0.0434. The highest BCUT2D eigenvalue weighted by Crippen LogP contribution is 2.47. The third kappa shape index (κ3) is 1.88. The molecule has 1 aromatic carbocycles. The Morgan fingerprint density at radius 3 is 2.65 bits per heavy atom. The van der Waals surface area contributed by atoms with Gasteiger partial charge in [-0.3, -0.25) is 4.79 Å². The van der Waals surface area contributed by atoms with E-state index in [1.165, 1.54) is 12.1 Å². The third-order valence-electron chi connectivity index (χ3n) is 3.44. The Morgan fingerprint density at radius 1 is 1.47 bits per heavy atom. The van der Waals surface area contributed by atoms with Crippen LogP contribution in [0.1, 0.15) is 31.9 Å². The number of likely N-dealkylation sites (tertiary alicyclic amines) is 1. The first-order valence-electron chi connectivity index (χ1n) is 5.63.